The Morgan fingerprint density at radius 1 is 0.963 bits per heavy atom. The highest BCUT2D eigenvalue weighted by Gasteiger charge is 2.24. The van der Waals surface area contributed by atoms with E-state index < -0.39 is 6.10 Å². The molecular weight excluding hydrogens is 338 g/mol. The Morgan fingerprint density at radius 2 is 1.67 bits per heavy atom. The SMILES string of the molecule is C[C@@H](Oc1cc(-c2ccccc2)cc2ccccc12)C(=O)N1CCOCC1. The number of benzene rings is 3. The molecule has 0 aliphatic carbocycles. The van der Waals surface area contributed by atoms with Crippen molar-refractivity contribution in [3.8, 4) is 16.9 Å². The number of morpholine rings is 1. The third-order valence-corrected chi connectivity index (χ3v) is 4.91. The fraction of sp³-hybridized carbons (Fsp3) is 0.261. The van der Waals surface area contributed by atoms with Gasteiger partial charge in [-0.1, -0.05) is 54.6 Å². The smallest absolute Gasteiger partial charge is 0.263 e. The molecule has 0 aromatic heterocycles. The highest BCUT2D eigenvalue weighted by molar-refractivity contribution is 5.93. The fourth-order valence-corrected chi connectivity index (χ4v) is 3.45. The Balaban J connectivity index is 1.66. The third-order valence-electron chi connectivity index (χ3n) is 4.91. The average molecular weight is 361 g/mol. The summed E-state index contributed by atoms with van der Waals surface area (Å²) in [6.07, 6.45) is -0.544. The van der Waals surface area contributed by atoms with Crippen molar-refractivity contribution in [3.63, 3.8) is 0 Å². The Morgan fingerprint density at radius 3 is 2.44 bits per heavy atom. The summed E-state index contributed by atoms with van der Waals surface area (Å²) < 4.78 is 11.5. The van der Waals surface area contributed by atoms with Gasteiger partial charge in [0.1, 0.15) is 5.75 Å². The van der Waals surface area contributed by atoms with Crippen LogP contribution in [0.1, 0.15) is 6.92 Å². The normalized spacial score (nSPS) is 15.5. The van der Waals surface area contributed by atoms with Crippen LogP contribution in [-0.2, 0) is 9.53 Å². The minimum Gasteiger partial charge on any atom is -0.480 e. The first-order valence-electron chi connectivity index (χ1n) is 9.34. The third kappa shape index (κ3) is 3.81. The molecule has 0 spiro atoms. The lowest BCUT2D eigenvalue weighted by Gasteiger charge is -2.29. The van der Waals surface area contributed by atoms with Gasteiger partial charge in [-0.15, -0.1) is 0 Å². The van der Waals surface area contributed by atoms with Crippen molar-refractivity contribution >= 4 is 16.7 Å². The molecule has 3 aromatic carbocycles. The van der Waals surface area contributed by atoms with Gasteiger partial charge in [0.25, 0.3) is 5.91 Å². The molecule has 4 nitrogen and oxygen atoms in total. The molecule has 27 heavy (non-hydrogen) atoms. The lowest BCUT2D eigenvalue weighted by Crippen LogP contribution is -2.46. The summed E-state index contributed by atoms with van der Waals surface area (Å²) in [6.45, 7) is 4.24. The maximum Gasteiger partial charge on any atom is 0.263 e. The van der Waals surface area contributed by atoms with E-state index in [0.29, 0.717) is 26.3 Å². The van der Waals surface area contributed by atoms with Crippen LogP contribution in [0, 0.1) is 0 Å². The number of nitrogens with zero attached hydrogens (tertiary/aromatic N) is 1. The van der Waals surface area contributed by atoms with Crippen molar-refractivity contribution in [1.29, 1.82) is 0 Å². The predicted molar refractivity (Wildman–Crippen MR) is 107 cm³/mol. The van der Waals surface area contributed by atoms with Crippen molar-refractivity contribution in [2.75, 3.05) is 26.3 Å². The largest absolute Gasteiger partial charge is 0.480 e. The summed E-state index contributed by atoms with van der Waals surface area (Å²) >= 11 is 0. The topological polar surface area (TPSA) is 38.8 Å². The molecule has 0 radical (unpaired) electrons. The lowest BCUT2D eigenvalue weighted by molar-refractivity contribution is -0.142. The van der Waals surface area contributed by atoms with Gasteiger partial charge in [-0.3, -0.25) is 4.79 Å². The van der Waals surface area contributed by atoms with Crippen LogP contribution >= 0.6 is 0 Å². The number of rotatable bonds is 4. The van der Waals surface area contributed by atoms with Gasteiger partial charge in [0.2, 0.25) is 0 Å². The van der Waals surface area contributed by atoms with Crippen molar-refractivity contribution in [2.45, 2.75) is 13.0 Å². The van der Waals surface area contributed by atoms with Gasteiger partial charge in [0.05, 0.1) is 13.2 Å². The van der Waals surface area contributed by atoms with Crippen LogP contribution < -0.4 is 4.74 Å². The predicted octanol–water partition coefficient (Wildman–Crippen LogP) is 4.13. The molecular formula is C23H23NO3. The fourth-order valence-electron chi connectivity index (χ4n) is 3.45. The molecule has 0 N–H and O–H groups in total. The van der Waals surface area contributed by atoms with Gasteiger partial charge in [-0.25, -0.2) is 0 Å². The first kappa shape index (κ1) is 17.6. The lowest BCUT2D eigenvalue weighted by atomic mass is 10.0. The molecule has 1 aliphatic rings. The number of fused-ring (bicyclic) bond motifs is 1. The molecule has 1 fully saturated rings. The molecule has 0 unspecified atom stereocenters. The molecule has 1 heterocycles. The maximum atomic E-state index is 12.7. The number of ether oxygens (including phenoxy) is 2. The second-order valence-corrected chi connectivity index (χ2v) is 6.76. The molecule has 1 amide bonds. The van der Waals surface area contributed by atoms with Crippen molar-refractivity contribution < 1.29 is 14.3 Å². The zero-order valence-electron chi connectivity index (χ0n) is 15.4. The molecule has 4 rings (SSSR count). The van der Waals surface area contributed by atoms with Gasteiger partial charge in [-0.05, 0) is 35.6 Å². The second kappa shape index (κ2) is 7.80. The van der Waals surface area contributed by atoms with Gasteiger partial charge in [0.15, 0.2) is 6.10 Å². The Labute approximate surface area is 159 Å². The summed E-state index contributed by atoms with van der Waals surface area (Å²) in [5.41, 5.74) is 2.20. The monoisotopic (exact) mass is 361 g/mol. The van der Waals surface area contributed by atoms with E-state index in [1.807, 2.05) is 54.3 Å². The van der Waals surface area contributed by atoms with E-state index in [2.05, 4.69) is 24.3 Å². The van der Waals surface area contributed by atoms with Crippen LogP contribution in [0.4, 0.5) is 0 Å². The van der Waals surface area contributed by atoms with Gasteiger partial charge in [0, 0.05) is 18.5 Å². The highest BCUT2D eigenvalue weighted by atomic mass is 16.5. The summed E-state index contributed by atoms with van der Waals surface area (Å²) in [5, 5.41) is 2.11. The van der Waals surface area contributed by atoms with E-state index in [1.165, 1.54) is 0 Å². The quantitative estimate of drug-likeness (QED) is 0.701. The minimum absolute atomic E-state index is 0.00694. The van der Waals surface area contributed by atoms with Crippen LogP contribution in [0.3, 0.4) is 0 Å². The van der Waals surface area contributed by atoms with Crippen molar-refractivity contribution in [3.05, 3.63) is 66.7 Å². The van der Waals surface area contributed by atoms with Crippen LogP contribution in [-0.4, -0.2) is 43.2 Å². The van der Waals surface area contributed by atoms with Gasteiger partial charge < -0.3 is 14.4 Å². The summed E-state index contributed by atoms with van der Waals surface area (Å²) in [7, 11) is 0. The van der Waals surface area contributed by atoms with E-state index in [0.717, 1.165) is 27.6 Å². The van der Waals surface area contributed by atoms with Crippen LogP contribution in [0.25, 0.3) is 21.9 Å². The van der Waals surface area contributed by atoms with Crippen LogP contribution in [0.2, 0.25) is 0 Å². The number of amides is 1. The van der Waals surface area contributed by atoms with Gasteiger partial charge in [-0.2, -0.15) is 0 Å². The standard InChI is InChI=1S/C23H23NO3/c1-17(23(25)24-11-13-26-14-12-24)27-22-16-20(18-7-3-2-4-8-18)15-19-9-5-6-10-21(19)22/h2-10,15-17H,11-14H2,1H3/t17-/m1/s1. The number of carbonyl (C=O) groups is 1. The molecule has 1 aliphatic heterocycles. The zero-order chi connectivity index (χ0) is 18.6. The molecule has 1 atom stereocenters. The molecule has 0 bridgehead atoms. The second-order valence-electron chi connectivity index (χ2n) is 6.76. The number of hydrogen-bond donors (Lipinski definition) is 0. The summed E-state index contributed by atoms with van der Waals surface area (Å²) in [6, 6.07) is 22.5. The van der Waals surface area contributed by atoms with E-state index in [-0.39, 0.29) is 5.91 Å². The Bertz CT molecular complexity index is 933. The Hall–Kier alpha value is -2.85. The number of hydrogen-bond acceptors (Lipinski definition) is 3. The maximum absolute atomic E-state index is 12.7. The van der Waals surface area contributed by atoms with Crippen molar-refractivity contribution in [1.82, 2.24) is 4.90 Å². The van der Waals surface area contributed by atoms with E-state index in [4.69, 9.17) is 9.47 Å². The number of carbonyl (C=O) groups excluding carboxylic acids is 1. The van der Waals surface area contributed by atoms with Crippen LogP contribution in [0.15, 0.2) is 66.7 Å². The molecule has 0 saturated carbocycles. The molecule has 138 valence electrons. The highest BCUT2D eigenvalue weighted by Crippen LogP contribution is 2.33. The summed E-state index contributed by atoms with van der Waals surface area (Å²) in [4.78, 5) is 14.6. The van der Waals surface area contributed by atoms with Gasteiger partial charge >= 0.3 is 0 Å². The first-order valence-corrected chi connectivity index (χ1v) is 9.34. The minimum atomic E-state index is -0.544. The van der Waals surface area contributed by atoms with E-state index in [9.17, 15) is 4.79 Å². The molecule has 4 heteroatoms. The van der Waals surface area contributed by atoms with E-state index >= 15 is 0 Å². The average Bonchev–Trinajstić information content (AvgIpc) is 2.74. The van der Waals surface area contributed by atoms with Crippen LogP contribution in [0.5, 0.6) is 5.75 Å². The van der Waals surface area contributed by atoms with Crippen molar-refractivity contribution in [2.24, 2.45) is 0 Å². The molecule has 1 saturated heterocycles. The summed E-state index contributed by atoms with van der Waals surface area (Å²) in [5.74, 6) is 0.744. The first-order chi connectivity index (χ1) is 13.2. The zero-order valence-corrected chi connectivity index (χ0v) is 15.4. The van der Waals surface area contributed by atoms with E-state index in [1.54, 1.807) is 0 Å². The molecule has 3 aromatic rings. The Kier molecular flexibility index (Phi) is 5.07.